The van der Waals surface area contributed by atoms with Crippen molar-refractivity contribution in [2.75, 3.05) is 11.6 Å². The molecule has 0 saturated heterocycles. The maximum absolute atomic E-state index is 13.5. The van der Waals surface area contributed by atoms with E-state index in [1.165, 1.54) is 0 Å². The predicted octanol–water partition coefficient (Wildman–Crippen LogP) is 3.98. The number of amides is 2. The highest BCUT2D eigenvalue weighted by atomic mass is 32.2. The highest BCUT2D eigenvalue weighted by Gasteiger charge is 2.34. The van der Waals surface area contributed by atoms with Crippen LogP contribution in [0.15, 0.2) is 58.3 Å². The number of hydrogen-bond acceptors (Lipinski definition) is 5. The Labute approximate surface area is 195 Å². The number of Topliss-reactive ketones (excluding diaryl/α,β-unsaturated/α-hetero) is 1. The summed E-state index contributed by atoms with van der Waals surface area (Å²) in [4.78, 5) is 52.7. The molecule has 0 spiro atoms. The third kappa shape index (κ3) is 5.60. The lowest BCUT2D eigenvalue weighted by atomic mass is 9.90. The van der Waals surface area contributed by atoms with Gasteiger partial charge in [-0.05, 0) is 30.2 Å². The molecular formula is C24H25FN2O5S. The van der Waals surface area contributed by atoms with Crippen molar-refractivity contribution in [2.24, 2.45) is 11.8 Å². The molecule has 2 amide bonds. The molecule has 9 heteroatoms. The summed E-state index contributed by atoms with van der Waals surface area (Å²) < 4.78 is 12.9. The van der Waals surface area contributed by atoms with E-state index in [4.69, 9.17) is 5.11 Å². The van der Waals surface area contributed by atoms with Crippen molar-refractivity contribution in [3.63, 3.8) is 0 Å². The lowest BCUT2D eigenvalue weighted by Crippen LogP contribution is -2.47. The number of carboxylic acid groups (broad SMARTS) is 1. The molecule has 33 heavy (non-hydrogen) atoms. The van der Waals surface area contributed by atoms with Crippen molar-refractivity contribution in [3.8, 4) is 0 Å². The molecule has 1 aliphatic rings. The van der Waals surface area contributed by atoms with E-state index < -0.39 is 42.7 Å². The normalized spacial score (nSPS) is 14.1. The molecule has 0 bridgehead atoms. The average molecular weight is 473 g/mol. The monoisotopic (exact) mass is 472 g/mol. The van der Waals surface area contributed by atoms with Crippen LogP contribution in [0.25, 0.3) is 0 Å². The molecular weight excluding hydrogens is 447 g/mol. The molecule has 1 heterocycles. The summed E-state index contributed by atoms with van der Waals surface area (Å²) in [6, 6.07) is 13.5. The first-order chi connectivity index (χ1) is 15.7. The van der Waals surface area contributed by atoms with Crippen molar-refractivity contribution >= 4 is 46.7 Å². The van der Waals surface area contributed by atoms with E-state index in [1.807, 2.05) is 48.5 Å². The minimum atomic E-state index is -1.48. The van der Waals surface area contributed by atoms with Gasteiger partial charge < -0.3 is 10.4 Å². The Balaban J connectivity index is 1.86. The minimum absolute atomic E-state index is 0.166. The van der Waals surface area contributed by atoms with Gasteiger partial charge in [-0.15, -0.1) is 0 Å². The van der Waals surface area contributed by atoms with E-state index in [0.717, 1.165) is 9.79 Å². The Hall–Kier alpha value is -3.20. The summed E-state index contributed by atoms with van der Waals surface area (Å²) in [6.45, 7) is 2.13. The van der Waals surface area contributed by atoms with Crippen LogP contribution in [0.5, 0.6) is 0 Å². The maximum atomic E-state index is 13.5. The van der Waals surface area contributed by atoms with E-state index in [0.29, 0.717) is 11.4 Å². The average Bonchev–Trinajstić information content (AvgIpc) is 2.79. The SMILES string of the molecule is CC(C)[C@@H](CC(=O)N1c2ccccc2Sc2ccccc21)C(=O)NC(CC(=O)O)C(=O)CF. The van der Waals surface area contributed by atoms with Gasteiger partial charge in [-0.2, -0.15) is 0 Å². The molecule has 2 aromatic rings. The number of ketones is 1. The Bertz CT molecular complexity index is 1030. The van der Waals surface area contributed by atoms with Gasteiger partial charge in [0.25, 0.3) is 0 Å². The van der Waals surface area contributed by atoms with Crippen LogP contribution >= 0.6 is 11.8 Å². The smallest absolute Gasteiger partial charge is 0.305 e. The van der Waals surface area contributed by atoms with Crippen LogP contribution in [0.2, 0.25) is 0 Å². The molecule has 1 aliphatic heterocycles. The fraction of sp³-hybridized carbons (Fsp3) is 0.333. The predicted molar refractivity (Wildman–Crippen MR) is 122 cm³/mol. The third-order valence-corrected chi connectivity index (χ3v) is 6.56. The molecule has 2 N–H and O–H groups in total. The molecule has 2 aromatic carbocycles. The molecule has 3 rings (SSSR count). The van der Waals surface area contributed by atoms with Crippen LogP contribution in [0.3, 0.4) is 0 Å². The van der Waals surface area contributed by atoms with E-state index in [1.54, 1.807) is 30.5 Å². The van der Waals surface area contributed by atoms with Crippen LogP contribution in [-0.4, -0.2) is 41.4 Å². The first kappa shape index (κ1) is 24.4. The fourth-order valence-corrected chi connectivity index (χ4v) is 4.73. The van der Waals surface area contributed by atoms with Crippen LogP contribution in [0.1, 0.15) is 26.7 Å². The van der Waals surface area contributed by atoms with E-state index in [2.05, 4.69) is 5.32 Å². The molecule has 2 atom stereocenters. The van der Waals surface area contributed by atoms with Crippen LogP contribution in [0.4, 0.5) is 15.8 Å². The standard InChI is InChI=1S/C24H25FN2O5S/c1-14(2)15(24(32)26-16(12-23(30)31)19(28)13-25)11-22(29)27-17-7-3-5-9-20(17)33-21-10-6-4-8-18(21)27/h3-10,14-16H,11-13H2,1-2H3,(H,26,32)(H,30,31)/t15-,16?/m1/s1. The second-order valence-electron chi connectivity index (χ2n) is 8.08. The second kappa shape index (κ2) is 10.6. The Kier molecular flexibility index (Phi) is 7.86. The Morgan fingerprint density at radius 3 is 2.00 bits per heavy atom. The lowest BCUT2D eigenvalue weighted by Gasteiger charge is -2.32. The highest BCUT2D eigenvalue weighted by molar-refractivity contribution is 7.99. The van der Waals surface area contributed by atoms with Crippen molar-refractivity contribution in [1.29, 1.82) is 0 Å². The quantitative estimate of drug-likeness (QED) is 0.572. The zero-order valence-corrected chi connectivity index (χ0v) is 19.1. The van der Waals surface area contributed by atoms with Crippen molar-refractivity contribution in [2.45, 2.75) is 42.5 Å². The first-order valence-electron chi connectivity index (χ1n) is 10.5. The number of fused-ring (bicyclic) bond motifs is 2. The van der Waals surface area contributed by atoms with E-state index in [9.17, 15) is 23.6 Å². The number of alkyl halides is 1. The van der Waals surface area contributed by atoms with Gasteiger partial charge in [0.1, 0.15) is 12.7 Å². The third-order valence-electron chi connectivity index (χ3n) is 5.43. The maximum Gasteiger partial charge on any atom is 0.305 e. The largest absolute Gasteiger partial charge is 0.481 e. The van der Waals surface area contributed by atoms with Crippen molar-refractivity contribution < 1.29 is 28.7 Å². The van der Waals surface area contributed by atoms with Crippen molar-refractivity contribution in [3.05, 3.63) is 48.5 Å². The highest BCUT2D eigenvalue weighted by Crippen LogP contribution is 2.48. The molecule has 0 saturated carbocycles. The fourth-order valence-electron chi connectivity index (χ4n) is 3.68. The van der Waals surface area contributed by atoms with Gasteiger partial charge in [-0.25, -0.2) is 4.39 Å². The summed E-state index contributed by atoms with van der Waals surface area (Å²) >= 11 is 1.55. The summed E-state index contributed by atoms with van der Waals surface area (Å²) in [7, 11) is 0. The molecule has 0 aliphatic carbocycles. The van der Waals surface area contributed by atoms with Gasteiger partial charge in [0.15, 0.2) is 5.78 Å². The van der Waals surface area contributed by atoms with Crippen LogP contribution in [-0.2, 0) is 19.2 Å². The zero-order chi connectivity index (χ0) is 24.1. The zero-order valence-electron chi connectivity index (χ0n) is 18.3. The van der Waals surface area contributed by atoms with Gasteiger partial charge in [0, 0.05) is 22.1 Å². The lowest BCUT2D eigenvalue weighted by molar-refractivity contribution is -0.141. The number of para-hydroxylation sites is 2. The van der Waals surface area contributed by atoms with Crippen molar-refractivity contribution in [1.82, 2.24) is 5.32 Å². The summed E-state index contributed by atoms with van der Waals surface area (Å²) in [5.41, 5.74) is 1.43. The summed E-state index contributed by atoms with van der Waals surface area (Å²) in [5, 5.41) is 11.3. The molecule has 1 unspecified atom stereocenters. The number of benzene rings is 2. The van der Waals surface area contributed by atoms with E-state index in [-0.39, 0.29) is 18.2 Å². The molecule has 0 fully saturated rings. The van der Waals surface area contributed by atoms with Gasteiger partial charge in [-0.3, -0.25) is 24.1 Å². The topological polar surface area (TPSA) is 104 Å². The molecule has 0 radical (unpaired) electrons. The van der Waals surface area contributed by atoms with E-state index >= 15 is 0 Å². The number of hydrogen-bond donors (Lipinski definition) is 2. The van der Waals surface area contributed by atoms with Crippen LogP contribution < -0.4 is 10.2 Å². The number of nitrogens with zero attached hydrogens (tertiary/aromatic N) is 1. The minimum Gasteiger partial charge on any atom is -0.481 e. The number of halogens is 1. The summed E-state index contributed by atoms with van der Waals surface area (Å²) in [5.74, 6) is -4.44. The Morgan fingerprint density at radius 1 is 0.970 bits per heavy atom. The number of carbonyl (C=O) groups excluding carboxylic acids is 3. The number of anilines is 2. The number of aliphatic carboxylic acids is 1. The number of nitrogens with one attached hydrogen (secondary N) is 1. The number of carboxylic acids is 1. The molecule has 7 nitrogen and oxygen atoms in total. The summed E-state index contributed by atoms with van der Waals surface area (Å²) in [6.07, 6.45) is -0.891. The Morgan fingerprint density at radius 2 is 1.52 bits per heavy atom. The first-order valence-corrected chi connectivity index (χ1v) is 11.3. The van der Waals surface area contributed by atoms with Gasteiger partial charge in [-0.1, -0.05) is 49.9 Å². The van der Waals surface area contributed by atoms with Gasteiger partial charge >= 0.3 is 5.97 Å². The molecule has 174 valence electrons. The van der Waals surface area contributed by atoms with Gasteiger partial charge in [0.2, 0.25) is 11.8 Å². The number of carbonyl (C=O) groups is 4. The second-order valence-corrected chi connectivity index (χ2v) is 9.16. The van der Waals surface area contributed by atoms with Gasteiger partial charge in [0.05, 0.1) is 17.8 Å². The van der Waals surface area contributed by atoms with Crippen LogP contribution in [0, 0.1) is 11.8 Å². The number of rotatable bonds is 9. The molecule has 0 aromatic heterocycles.